The van der Waals surface area contributed by atoms with Crippen LogP contribution in [0.15, 0.2) is 60.4 Å². The zero-order valence-corrected chi connectivity index (χ0v) is 22.1. The van der Waals surface area contributed by atoms with Crippen LogP contribution in [0.5, 0.6) is 0 Å². The van der Waals surface area contributed by atoms with Gasteiger partial charge in [0.15, 0.2) is 0 Å². The Hall–Kier alpha value is -2.16. The van der Waals surface area contributed by atoms with E-state index in [9.17, 15) is 8.78 Å². The van der Waals surface area contributed by atoms with Gasteiger partial charge in [0.25, 0.3) is 0 Å². The lowest BCUT2D eigenvalue weighted by molar-refractivity contribution is 0.566. The number of rotatable bonds is 8. The smallest absolute Gasteiger partial charge is 0.129 e. The Bertz CT molecular complexity index is 837. The molecule has 0 spiro atoms. The van der Waals surface area contributed by atoms with Crippen LogP contribution in [-0.2, 0) is 0 Å². The predicted molar refractivity (Wildman–Crippen MR) is 140 cm³/mol. The van der Waals surface area contributed by atoms with Crippen molar-refractivity contribution in [2.24, 2.45) is 17.8 Å². The van der Waals surface area contributed by atoms with Crippen molar-refractivity contribution in [2.75, 3.05) is 0 Å². The van der Waals surface area contributed by atoms with Gasteiger partial charge in [-0.05, 0) is 68.2 Å². The summed E-state index contributed by atoms with van der Waals surface area (Å²) in [5.41, 5.74) is 4.30. The summed E-state index contributed by atoms with van der Waals surface area (Å²) in [6, 6.07) is 2.41. The van der Waals surface area contributed by atoms with Crippen LogP contribution < -0.4 is 5.32 Å². The maximum atomic E-state index is 14.3. The van der Waals surface area contributed by atoms with Crippen LogP contribution in [0.2, 0.25) is 0 Å². The minimum absolute atomic E-state index is 0.0380. The van der Waals surface area contributed by atoms with Crippen LogP contribution in [0, 0.1) is 36.3 Å². The summed E-state index contributed by atoms with van der Waals surface area (Å²) in [6.45, 7) is 24.5. The molecule has 2 saturated carbocycles. The van der Waals surface area contributed by atoms with Crippen molar-refractivity contribution in [3.05, 3.63) is 83.1 Å². The minimum Gasteiger partial charge on any atom is -0.382 e. The molecule has 0 radical (unpaired) electrons. The Morgan fingerprint density at radius 3 is 2.24 bits per heavy atom. The number of halogens is 2. The van der Waals surface area contributed by atoms with E-state index < -0.39 is 11.6 Å². The molecule has 3 heteroatoms. The van der Waals surface area contributed by atoms with Gasteiger partial charge in [0, 0.05) is 23.7 Å². The van der Waals surface area contributed by atoms with Crippen LogP contribution in [0.25, 0.3) is 0 Å². The number of allylic oxidation sites excluding steroid dienone is 4. The number of nitrogens with one attached hydrogen (secondary N) is 1. The first-order valence-corrected chi connectivity index (χ1v) is 12.5. The lowest BCUT2D eigenvalue weighted by atomic mass is 10.0. The van der Waals surface area contributed by atoms with E-state index in [4.69, 9.17) is 0 Å². The molecule has 2 fully saturated rings. The summed E-state index contributed by atoms with van der Waals surface area (Å²) in [5.74, 6) is 0.600. The van der Waals surface area contributed by atoms with Gasteiger partial charge in [0.2, 0.25) is 0 Å². The normalized spacial score (nSPS) is 22.5. The van der Waals surface area contributed by atoms with E-state index in [2.05, 4.69) is 32.3 Å². The van der Waals surface area contributed by atoms with Gasteiger partial charge >= 0.3 is 0 Å². The van der Waals surface area contributed by atoms with Gasteiger partial charge in [-0.25, -0.2) is 8.78 Å². The van der Waals surface area contributed by atoms with E-state index in [1.165, 1.54) is 30.9 Å². The molecule has 1 N–H and O–H groups in total. The molecule has 0 bridgehead atoms. The second kappa shape index (κ2) is 13.5. The van der Waals surface area contributed by atoms with Crippen LogP contribution in [0.1, 0.15) is 84.8 Å². The van der Waals surface area contributed by atoms with Gasteiger partial charge in [-0.15, -0.1) is 0 Å². The molecule has 33 heavy (non-hydrogen) atoms. The Kier molecular flexibility index (Phi) is 11.8. The monoisotopic (exact) mass is 457 g/mol. The van der Waals surface area contributed by atoms with Crippen molar-refractivity contribution in [1.29, 1.82) is 0 Å². The van der Waals surface area contributed by atoms with Crippen molar-refractivity contribution in [3.8, 4) is 0 Å². The van der Waals surface area contributed by atoms with Gasteiger partial charge < -0.3 is 5.32 Å². The second-order valence-electron chi connectivity index (χ2n) is 9.21. The molecule has 0 aromatic heterocycles. The van der Waals surface area contributed by atoms with E-state index in [1.807, 2.05) is 52.8 Å². The topological polar surface area (TPSA) is 12.0 Å². The van der Waals surface area contributed by atoms with Crippen molar-refractivity contribution in [3.63, 3.8) is 0 Å². The highest BCUT2D eigenvalue weighted by molar-refractivity contribution is 5.40. The number of benzene rings is 1. The highest BCUT2D eigenvalue weighted by Crippen LogP contribution is 2.57. The van der Waals surface area contributed by atoms with Crippen LogP contribution in [0.3, 0.4) is 0 Å². The molecule has 2 aliphatic rings. The average molecular weight is 458 g/mol. The van der Waals surface area contributed by atoms with Gasteiger partial charge in [-0.3, -0.25) is 0 Å². The molecule has 0 heterocycles. The molecule has 2 aliphatic carbocycles. The van der Waals surface area contributed by atoms with Crippen molar-refractivity contribution in [2.45, 2.75) is 86.6 Å². The first kappa shape index (κ1) is 28.9. The summed E-state index contributed by atoms with van der Waals surface area (Å²) in [5, 5.41) is 3.40. The van der Waals surface area contributed by atoms with Crippen molar-refractivity contribution >= 4 is 0 Å². The number of aryl methyl sites for hydroxylation is 1. The van der Waals surface area contributed by atoms with Crippen molar-refractivity contribution in [1.82, 2.24) is 5.32 Å². The summed E-state index contributed by atoms with van der Waals surface area (Å²) in [7, 11) is 0. The lowest BCUT2D eigenvalue weighted by Gasteiger charge is -2.18. The second-order valence-corrected chi connectivity index (χ2v) is 9.21. The summed E-state index contributed by atoms with van der Waals surface area (Å²) in [6.07, 6.45) is 10.5. The Balaban J connectivity index is 0.000000671. The maximum absolute atomic E-state index is 14.3. The molecule has 0 aliphatic heterocycles. The van der Waals surface area contributed by atoms with E-state index in [0.29, 0.717) is 11.1 Å². The highest BCUT2D eigenvalue weighted by Gasteiger charge is 2.51. The molecule has 1 aromatic rings. The fraction of sp³-hybridized carbons (Fsp3) is 0.533. The quantitative estimate of drug-likeness (QED) is 0.384. The SMILES string of the molecule is C=C(/C=C\C(C)=C/C)C(C)NC(=C)C1C(C)C1c1c(C)cc(F)cc1F.CC.CCC1CC1. The van der Waals surface area contributed by atoms with Gasteiger partial charge in [-0.2, -0.15) is 0 Å². The Labute approximate surface area is 201 Å². The first-order chi connectivity index (χ1) is 15.6. The molecule has 1 aromatic carbocycles. The highest BCUT2D eigenvalue weighted by atomic mass is 19.1. The lowest BCUT2D eigenvalue weighted by Crippen LogP contribution is -2.27. The van der Waals surface area contributed by atoms with Gasteiger partial charge in [0.1, 0.15) is 11.6 Å². The molecule has 3 rings (SSSR count). The van der Waals surface area contributed by atoms with E-state index >= 15 is 0 Å². The van der Waals surface area contributed by atoms with E-state index in [0.717, 1.165) is 23.3 Å². The predicted octanol–water partition coefficient (Wildman–Crippen LogP) is 9.03. The number of hydrogen-bond acceptors (Lipinski definition) is 1. The minimum atomic E-state index is -0.529. The van der Waals surface area contributed by atoms with Gasteiger partial charge in [-0.1, -0.05) is 83.9 Å². The molecule has 0 saturated heterocycles. The third kappa shape index (κ3) is 8.61. The fourth-order valence-electron chi connectivity index (χ4n) is 4.05. The molecule has 184 valence electrons. The van der Waals surface area contributed by atoms with Gasteiger partial charge in [0.05, 0.1) is 0 Å². The zero-order chi connectivity index (χ0) is 25.3. The molecule has 4 atom stereocenters. The fourth-order valence-corrected chi connectivity index (χ4v) is 4.05. The largest absolute Gasteiger partial charge is 0.382 e. The third-order valence-electron chi connectivity index (χ3n) is 6.66. The molecular formula is C30H45F2N. The number of hydrogen-bond donors (Lipinski definition) is 1. The standard InChI is InChI=1S/C23H29F2N.C5H10.C2H6/c1-8-13(2)9-10-14(3)17(6)26-18(7)22-16(5)23(22)21-15(4)11-19(24)12-20(21)25;1-2-5-3-4-5;1-2/h8-12,16-17,22-23,26H,3,7H2,1-2,4-6H3;5H,2-4H2,1H3;1-2H3/b10-9-,13-8-;;. The molecule has 0 amide bonds. The Morgan fingerprint density at radius 1 is 1.18 bits per heavy atom. The molecule has 1 nitrogen and oxygen atoms in total. The average Bonchev–Trinajstić information content (AvgIpc) is 3.70. The van der Waals surface area contributed by atoms with Crippen LogP contribution in [-0.4, -0.2) is 6.04 Å². The third-order valence-corrected chi connectivity index (χ3v) is 6.66. The summed E-state index contributed by atoms with van der Waals surface area (Å²) in [4.78, 5) is 0. The first-order valence-electron chi connectivity index (χ1n) is 12.5. The zero-order valence-electron chi connectivity index (χ0n) is 22.1. The van der Waals surface area contributed by atoms with E-state index in [1.54, 1.807) is 6.92 Å². The van der Waals surface area contributed by atoms with E-state index in [-0.39, 0.29) is 23.8 Å². The Morgan fingerprint density at radius 2 is 1.79 bits per heavy atom. The van der Waals surface area contributed by atoms with Crippen LogP contribution >= 0.6 is 0 Å². The maximum Gasteiger partial charge on any atom is 0.129 e. The summed E-state index contributed by atoms with van der Waals surface area (Å²) < 4.78 is 27.7. The van der Waals surface area contributed by atoms with Crippen LogP contribution in [0.4, 0.5) is 8.78 Å². The van der Waals surface area contributed by atoms with Crippen molar-refractivity contribution < 1.29 is 8.78 Å². The molecular weight excluding hydrogens is 412 g/mol. The molecule has 4 unspecified atom stereocenters. The summed E-state index contributed by atoms with van der Waals surface area (Å²) >= 11 is 0.